The number of carboxylic acids is 1. The highest BCUT2D eigenvalue weighted by molar-refractivity contribution is 7.70. The van der Waals surface area contributed by atoms with E-state index >= 15 is 24.0 Å². The lowest BCUT2D eigenvalue weighted by atomic mass is 9.85. The normalized spacial score (nSPS) is 29.4. The monoisotopic (exact) mass is 1910 g/mol. The molecule has 8 aliphatic rings. The van der Waals surface area contributed by atoms with Crippen molar-refractivity contribution in [2.45, 2.75) is 233 Å². The summed E-state index contributed by atoms with van der Waals surface area (Å²) < 4.78 is 82.1. The summed E-state index contributed by atoms with van der Waals surface area (Å²) in [4.78, 5) is 187. The smallest absolute Gasteiger partial charge is 0.360 e. The van der Waals surface area contributed by atoms with Crippen LogP contribution in [0.1, 0.15) is 152 Å². The van der Waals surface area contributed by atoms with Crippen LogP contribution in [-0.4, -0.2) is 247 Å². The first-order chi connectivity index (χ1) is 60.5. The van der Waals surface area contributed by atoms with Gasteiger partial charge in [0.15, 0.2) is 36.2 Å². The Morgan fingerprint density at radius 1 is 0.654 bits per heavy atom. The Bertz CT molecular complexity index is 5270. The van der Waals surface area contributed by atoms with Gasteiger partial charge in [0.25, 0.3) is 0 Å². The summed E-state index contributed by atoms with van der Waals surface area (Å²) in [6, 6.07) is -1.82. The van der Waals surface area contributed by atoms with Crippen LogP contribution in [0.4, 0.5) is 0 Å². The molecule has 130 heavy (non-hydrogen) atoms. The van der Waals surface area contributed by atoms with Crippen LogP contribution in [0.5, 0.6) is 46.0 Å². The van der Waals surface area contributed by atoms with E-state index in [1.807, 2.05) is 0 Å². The van der Waals surface area contributed by atoms with E-state index in [4.69, 9.17) is 83.0 Å². The second-order valence-electron chi connectivity index (χ2n) is 34.4. The number of carboxylic acid groups (broad SMARTS) is 1. The number of esters is 1. The van der Waals surface area contributed by atoms with Crippen LogP contribution in [0.25, 0.3) is 11.1 Å². The molecule has 8 heterocycles. The number of nitrogens with two attached hydrogens (primary N) is 3. The molecule has 8 amide bonds. The Morgan fingerprint density at radius 2 is 1.21 bits per heavy atom. The summed E-state index contributed by atoms with van der Waals surface area (Å²) in [6.45, 7) is 10.8. The highest BCUT2D eigenvalue weighted by Gasteiger charge is 2.54. The molecule has 22 unspecified atom stereocenters. The maximum atomic E-state index is 16.6. The number of aromatic hydroxyl groups is 3. The topological polar surface area (TPSA) is 725 Å². The molecule has 3 saturated heterocycles. The summed E-state index contributed by atoms with van der Waals surface area (Å²) >= 11 is 14.6. The number of rotatable bonds is 23. The zero-order chi connectivity index (χ0) is 96.0. The molecule has 5 aromatic carbocycles. The van der Waals surface area contributed by atoms with E-state index in [2.05, 4.69) is 37.2 Å². The van der Waals surface area contributed by atoms with Gasteiger partial charge >= 0.3 is 27.1 Å². The minimum absolute atomic E-state index is 0.146. The second kappa shape index (κ2) is 39.8. The summed E-state index contributed by atoms with van der Waals surface area (Å²) in [6.07, 6.45) is -26.8. The van der Waals surface area contributed by atoms with Crippen molar-refractivity contribution >= 4 is 97.6 Å². The van der Waals surface area contributed by atoms with Gasteiger partial charge < -0.3 is 168 Å². The Balaban J connectivity index is 1.16. The molecule has 0 radical (unpaired) electrons. The van der Waals surface area contributed by atoms with E-state index in [9.17, 15) is 98.6 Å². The van der Waals surface area contributed by atoms with Gasteiger partial charge in [-0.15, -0.1) is 0 Å². The van der Waals surface area contributed by atoms with E-state index in [0.29, 0.717) is 0 Å². The number of carbonyl (C=O) groups excluding carboxylic acids is 9. The SMILES string of the molecule is CNC(CC(C)C)C(=O)NC1C(=O)NC(CC(N)=O)C(=O)NC2C(=O)NC3C(=O)NC(C(=O)NC(C(=O)O)c4cc(O)cc(O)c4-c4cc3ccc4O)C(OC3CC(C)(N)C(O)C(C)O3)c3ccc(c(Cl)c3)Oc3cc2cc(c3OC2OC(COC(=O)CC(C)(C)CC(=O)NC(P(=O)(O)O)P(=O)(O)O)C(O)C(O)C2OC2CC(C)(N)C(O)C(C)O2)Oc2ccc(cc2Cl)C1O. The molecule has 5 aromatic rings. The highest BCUT2D eigenvalue weighted by atomic mass is 35.5. The summed E-state index contributed by atoms with van der Waals surface area (Å²) in [7, 11) is -9.98. The molecule has 0 saturated carbocycles. The first kappa shape index (κ1) is 101. The lowest BCUT2D eigenvalue weighted by Gasteiger charge is -2.47. The van der Waals surface area contributed by atoms with Crippen LogP contribution in [-0.2, 0) is 85.5 Å². The van der Waals surface area contributed by atoms with E-state index in [1.54, 1.807) is 19.2 Å². The molecule has 710 valence electrons. The van der Waals surface area contributed by atoms with Crippen LogP contribution in [0.15, 0.2) is 78.9 Å². The molecule has 0 aliphatic carbocycles. The number of amides is 8. The molecule has 49 heteroatoms. The Hall–Kier alpha value is -10.0. The van der Waals surface area contributed by atoms with E-state index in [0.717, 1.165) is 72.8 Å². The maximum absolute atomic E-state index is 16.6. The van der Waals surface area contributed by atoms with Crippen LogP contribution in [0, 0.1) is 11.3 Å². The zero-order valence-electron chi connectivity index (χ0n) is 70.9. The summed E-state index contributed by atoms with van der Waals surface area (Å²) in [5.41, 5.74) is 8.20. The minimum atomic E-state index is -5.71. The van der Waals surface area contributed by atoms with Crippen LogP contribution >= 0.6 is 38.4 Å². The predicted octanol–water partition coefficient (Wildman–Crippen LogP) is 0.456. The lowest BCUT2D eigenvalue weighted by Crippen LogP contribution is -2.64. The van der Waals surface area contributed by atoms with Crippen LogP contribution in [0.3, 0.4) is 0 Å². The fourth-order valence-electron chi connectivity index (χ4n) is 15.9. The number of likely N-dealkylation sites (N-methyl/N-ethyl adjacent to an activating group) is 1. The van der Waals surface area contributed by atoms with Crippen molar-refractivity contribution in [3.8, 4) is 57.1 Å². The Morgan fingerprint density at radius 3 is 1.76 bits per heavy atom. The molecule has 0 spiro atoms. The first-order valence-corrected chi connectivity index (χ1v) is 44.7. The first-order valence-electron chi connectivity index (χ1n) is 40.5. The largest absolute Gasteiger partial charge is 0.508 e. The molecule has 8 aliphatic heterocycles. The molecular formula is C81H103Cl2N11O34P2. The fraction of sp³-hybridized carbons (Fsp3) is 0.506. The number of aliphatic carboxylic acids is 1. The maximum Gasteiger partial charge on any atom is 0.360 e. The van der Waals surface area contributed by atoms with Crippen molar-refractivity contribution in [1.82, 2.24) is 42.5 Å². The van der Waals surface area contributed by atoms with Gasteiger partial charge in [0.1, 0.15) is 96.1 Å². The van der Waals surface area contributed by atoms with Crippen molar-refractivity contribution in [3.05, 3.63) is 117 Å². The molecule has 11 bridgehead atoms. The third-order valence-corrected chi connectivity index (χ3v) is 26.5. The molecule has 22 atom stereocenters. The van der Waals surface area contributed by atoms with Gasteiger partial charge in [-0.25, -0.2) is 4.79 Å². The van der Waals surface area contributed by atoms with Crippen molar-refractivity contribution in [2.75, 3.05) is 13.7 Å². The summed E-state index contributed by atoms with van der Waals surface area (Å²) in [5, 5.41) is 124. The predicted molar refractivity (Wildman–Crippen MR) is 449 cm³/mol. The molecule has 3 fully saturated rings. The van der Waals surface area contributed by atoms with Gasteiger partial charge in [-0.05, 0) is 129 Å². The number of primary amides is 1. The molecule has 0 aromatic heterocycles. The quantitative estimate of drug-likeness (QED) is 0.0312. The number of aliphatic hydroxyl groups is 5. The van der Waals surface area contributed by atoms with Gasteiger partial charge in [0.05, 0.1) is 53.3 Å². The second-order valence-corrected chi connectivity index (χ2v) is 39.0. The van der Waals surface area contributed by atoms with Gasteiger partial charge in [0, 0.05) is 53.1 Å². The highest BCUT2D eigenvalue weighted by Crippen LogP contribution is 2.59. The Labute approximate surface area is 750 Å². The van der Waals surface area contributed by atoms with Crippen molar-refractivity contribution in [3.63, 3.8) is 0 Å². The van der Waals surface area contributed by atoms with Crippen LogP contribution < -0.4 is 73.9 Å². The van der Waals surface area contributed by atoms with E-state index in [1.165, 1.54) is 54.7 Å². The third kappa shape index (κ3) is 23.2. The number of benzene rings is 5. The zero-order valence-corrected chi connectivity index (χ0v) is 74.2. The number of halogens is 2. The Kier molecular flexibility index (Phi) is 30.8. The molecular weight excluding hydrogens is 1800 g/mol. The number of aliphatic hydroxyl groups excluding tert-OH is 5. The minimum Gasteiger partial charge on any atom is -0.508 e. The molecule has 13 rings (SSSR count). The number of phenols is 3. The van der Waals surface area contributed by atoms with Crippen molar-refractivity contribution < 1.29 is 165 Å². The van der Waals surface area contributed by atoms with Crippen LogP contribution in [0.2, 0.25) is 10.0 Å². The standard InChI is InChI=1S/C81H103Cl2N11O34P2/c1-30(2)16-42(87-9)70(106)93-60-62(101)34-11-14-46(40(82)18-34)123-48-20-36-21-49(66(48)128-77-67(127-55-28-81(8,86)69(105)32(4)122-55)64(103)63(102)50(125-77)29-120-53(100)26-79(5,6)25-52(99)89-78(129(114,115)116)130(117,118)119)124-47-15-12-35(19-41(47)83)65(126-54-27-80(7,85)68(104)31(3)121-54)61-75(111)92-59(76(112)113)39-22-37(95)23-45(97)56(39)38-17-33(10-13-44(38)96)57(72(108)94-61)91-73(109)58(36)90-71(107)43(24-51(84)98)88-74(60)110/h10-15,17-23,30-32,42-43,50,54-55,57-65,67-69,77-78,87,95-97,101-105H,16,24-29,85-86H2,1-9H3,(H2,84,98)(H,88,110)(H,89,99)(H,90,107)(H,91,109)(H,92,111)(H,93,106)(H,94,108)(H,112,113)(H2,114,115,116)(H2,117,118,119). The van der Waals surface area contributed by atoms with Gasteiger partial charge in [0.2, 0.25) is 64.8 Å². The van der Waals surface area contributed by atoms with Gasteiger partial charge in [-0.1, -0.05) is 69.1 Å². The average Bonchev–Trinajstić information content (AvgIpc) is 0.771. The van der Waals surface area contributed by atoms with Gasteiger partial charge in [-0.2, -0.15) is 0 Å². The number of hydrogen-bond donors (Lipinski definition) is 24. The van der Waals surface area contributed by atoms with E-state index < -0.39 is 341 Å². The molecule has 27 N–H and O–H groups in total. The van der Waals surface area contributed by atoms with Crippen molar-refractivity contribution in [1.29, 1.82) is 0 Å². The average molecular weight is 1910 g/mol. The number of fused-ring (bicyclic) bond motifs is 15. The lowest BCUT2D eigenvalue weighted by molar-refractivity contribution is -0.333. The fourth-order valence-corrected chi connectivity index (χ4v) is 18.6. The van der Waals surface area contributed by atoms with Crippen molar-refractivity contribution in [2.24, 2.45) is 28.5 Å². The number of phenolic OH excluding ortho intramolecular Hbond substituents is 3. The molecule has 45 nitrogen and oxygen atoms in total. The van der Waals surface area contributed by atoms with E-state index in [-0.39, 0.29) is 23.5 Å². The third-order valence-electron chi connectivity index (χ3n) is 22.6. The number of hydrogen-bond acceptors (Lipinski definition) is 32. The number of carbonyl (C=O) groups is 10. The summed E-state index contributed by atoms with van der Waals surface area (Å²) in [5.74, 6) is -20.0. The number of nitrogens with one attached hydrogen (secondary N) is 8. The number of ether oxygens (including phenoxy) is 9. The van der Waals surface area contributed by atoms with Gasteiger partial charge in [-0.3, -0.25) is 52.3 Å².